The molecule has 0 aromatic heterocycles. The summed E-state index contributed by atoms with van der Waals surface area (Å²) >= 11 is 8.16. The molecule has 0 spiro atoms. The molecule has 4 rings (SSSR count). The molecule has 1 fully saturated rings. The van der Waals surface area contributed by atoms with Gasteiger partial charge in [-0.15, -0.1) is 0 Å². The molecule has 2 aliphatic rings. The second-order valence-corrected chi connectivity index (χ2v) is 9.25. The van der Waals surface area contributed by atoms with Crippen LogP contribution >= 0.6 is 23.4 Å². The van der Waals surface area contributed by atoms with Crippen LogP contribution in [0.1, 0.15) is 12.8 Å². The fraction of sp³-hybridized carbons (Fsp3) is 0.304. The first-order valence-electron chi connectivity index (χ1n) is 9.90. The smallest absolute Gasteiger partial charge is 0.328 e. The van der Waals surface area contributed by atoms with Gasteiger partial charge in [-0.25, -0.2) is 9.59 Å². The third-order valence-corrected chi connectivity index (χ3v) is 6.57. The molecular weight excluding hydrogens is 436 g/mol. The van der Waals surface area contributed by atoms with Crippen LogP contribution in [0.5, 0.6) is 0 Å². The molecule has 31 heavy (non-hydrogen) atoms. The van der Waals surface area contributed by atoms with Crippen molar-refractivity contribution in [2.75, 3.05) is 25.5 Å². The summed E-state index contributed by atoms with van der Waals surface area (Å²) in [5.41, 5.74) is 2.61. The number of carbonyl (C=O) groups is 2. The van der Waals surface area contributed by atoms with Gasteiger partial charge in [-0.3, -0.25) is 0 Å². The number of para-hydroxylation sites is 1. The zero-order valence-corrected chi connectivity index (χ0v) is 18.9. The third-order valence-electron chi connectivity index (χ3n) is 5.20. The van der Waals surface area contributed by atoms with Crippen LogP contribution in [0, 0.1) is 5.92 Å². The van der Waals surface area contributed by atoms with Crippen LogP contribution in [0.25, 0.3) is 0 Å². The molecule has 1 aliphatic carbocycles. The summed E-state index contributed by atoms with van der Waals surface area (Å²) < 4.78 is 0. The third kappa shape index (κ3) is 5.81. The maximum absolute atomic E-state index is 9.55. The monoisotopic (exact) mass is 460 g/mol. The highest BCUT2D eigenvalue weighted by Gasteiger charge is 2.39. The Bertz CT molecular complexity index is 979. The van der Waals surface area contributed by atoms with E-state index in [4.69, 9.17) is 21.8 Å². The number of halogens is 1. The fourth-order valence-electron chi connectivity index (χ4n) is 3.83. The minimum Gasteiger partial charge on any atom is -0.478 e. The summed E-state index contributed by atoms with van der Waals surface area (Å²) in [6.07, 6.45) is 3.68. The van der Waals surface area contributed by atoms with Gasteiger partial charge in [-0.2, -0.15) is 0 Å². The second-order valence-electron chi connectivity index (χ2n) is 7.73. The van der Waals surface area contributed by atoms with Gasteiger partial charge in [0.2, 0.25) is 0 Å². The molecule has 2 unspecified atom stereocenters. The number of anilines is 2. The Hall–Kier alpha value is -2.48. The molecule has 2 atom stereocenters. The van der Waals surface area contributed by atoms with Gasteiger partial charge >= 0.3 is 11.9 Å². The van der Waals surface area contributed by atoms with E-state index < -0.39 is 11.9 Å². The Morgan fingerprint density at radius 2 is 1.71 bits per heavy atom. The molecule has 2 N–H and O–H groups in total. The fourth-order valence-corrected chi connectivity index (χ4v) is 5.05. The van der Waals surface area contributed by atoms with Gasteiger partial charge in [0.1, 0.15) is 0 Å². The summed E-state index contributed by atoms with van der Waals surface area (Å²) in [5.74, 6) is -1.80. The van der Waals surface area contributed by atoms with Crippen molar-refractivity contribution >= 4 is 46.7 Å². The van der Waals surface area contributed by atoms with Crippen LogP contribution in [-0.4, -0.2) is 53.7 Å². The van der Waals surface area contributed by atoms with Crippen molar-refractivity contribution in [2.24, 2.45) is 5.92 Å². The van der Waals surface area contributed by atoms with E-state index in [0.717, 1.165) is 11.6 Å². The molecule has 1 heterocycles. The molecule has 1 saturated carbocycles. The van der Waals surface area contributed by atoms with Gasteiger partial charge in [0.25, 0.3) is 0 Å². The Morgan fingerprint density at radius 3 is 2.29 bits per heavy atom. The predicted molar refractivity (Wildman–Crippen MR) is 124 cm³/mol. The molecule has 0 amide bonds. The van der Waals surface area contributed by atoms with Crippen molar-refractivity contribution in [3.8, 4) is 0 Å². The van der Waals surface area contributed by atoms with E-state index in [1.807, 2.05) is 17.8 Å². The number of hydrogen-bond donors (Lipinski definition) is 2. The Labute approximate surface area is 191 Å². The average molecular weight is 461 g/mol. The lowest BCUT2D eigenvalue weighted by Crippen LogP contribution is -2.49. The Kier molecular flexibility index (Phi) is 7.64. The van der Waals surface area contributed by atoms with Crippen molar-refractivity contribution in [1.29, 1.82) is 0 Å². The predicted octanol–water partition coefficient (Wildman–Crippen LogP) is 4.99. The Morgan fingerprint density at radius 1 is 1.06 bits per heavy atom. The van der Waals surface area contributed by atoms with Crippen LogP contribution < -0.4 is 4.90 Å². The van der Waals surface area contributed by atoms with Crippen molar-refractivity contribution < 1.29 is 19.8 Å². The van der Waals surface area contributed by atoms with Gasteiger partial charge in [0.15, 0.2) is 0 Å². The molecule has 8 heteroatoms. The zero-order chi connectivity index (χ0) is 22.5. The van der Waals surface area contributed by atoms with Crippen LogP contribution in [0.2, 0.25) is 5.02 Å². The highest BCUT2D eigenvalue weighted by molar-refractivity contribution is 7.99. The van der Waals surface area contributed by atoms with Crippen molar-refractivity contribution in [3.05, 3.63) is 59.6 Å². The van der Waals surface area contributed by atoms with Crippen LogP contribution in [0.4, 0.5) is 11.4 Å². The van der Waals surface area contributed by atoms with Crippen molar-refractivity contribution in [1.82, 2.24) is 4.90 Å². The number of fused-ring (bicyclic) bond motifs is 2. The average Bonchev–Trinajstić information content (AvgIpc) is 2.70. The highest BCUT2D eigenvalue weighted by Crippen LogP contribution is 2.52. The number of aliphatic carboxylic acids is 2. The number of rotatable bonds is 5. The number of carboxylic acid groups (broad SMARTS) is 2. The van der Waals surface area contributed by atoms with Gasteiger partial charge in [0, 0.05) is 39.6 Å². The molecule has 0 radical (unpaired) electrons. The molecule has 2 aromatic carbocycles. The molecule has 6 nitrogen and oxygen atoms in total. The van der Waals surface area contributed by atoms with Gasteiger partial charge in [-0.05, 0) is 63.2 Å². The maximum Gasteiger partial charge on any atom is 0.328 e. The van der Waals surface area contributed by atoms with Crippen LogP contribution in [-0.2, 0) is 9.59 Å². The zero-order valence-electron chi connectivity index (χ0n) is 17.4. The largest absolute Gasteiger partial charge is 0.478 e. The summed E-state index contributed by atoms with van der Waals surface area (Å²) in [6, 6.07) is 15.6. The van der Waals surface area contributed by atoms with E-state index in [0.29, 0.717) is 24.1 Å². The molecule has 2 aromatic rings. The lowest BCUT2D eigenvalue weighted by atomic mass is 9.77. The van der Waals surface area contributed by atoms with E-state index >= 15 is 0 Å². The lowest BCUT2D eigenvalue weighted by Gasteiger charge is -2.48. The number of hydrogen-bond acceptors (Lipinski definition) is 5. The summed E-state index contributed by atoms with van der Waals surface area (Å²) in [6.45, 7) is 1.15. The maximum atomic E-state index is 9.55. The topological polar surface area (TPSA) is 81.1 Å². The summed E-state index contributed by atoms with van der Waals surface area (Å²) in [4.78, 5) is 26.6. The summed E-state index contributed by atoms with van der Waals surface area (Å²) in [5, 5.41) is 16.4. The number of nitrogens with zero attached hydrogens (tertiary/aromatic N) is 2. The van der Waals surface area contributed by atoms with Gasteiger partial charge in [-0.1, -0.05) is 35.5 Å². The van der Waals surface area contributed by atoms with E-state index in [1.54, 1.807) is 0 Å². The Balaban J connectivity index is 0.000000293. The normalized spacial score (nSPS) is 19.2. The summed E-state index contributed by atoms with van der Waals surface area (Å²) in [7, 11) is 4.33. The highest BCUT2D eigenvalue weighted by atomic mass is 35.5. The first kappa shape index (κ1) is 23.2. The number of benzene rings is 2. The van der Waals surface area contributed by atoms with Gasteiger partial charge in [0.05, 0.1) is 11.4 Å². The molecule has 0 saturated heterocycles. The molecular formula is C23H25ClN2O4S. The second kappa shape index (κ2) is 10.2. The van der Waals surface area contributed by atoms with E-state index in [-0.39, 0.29) is 0 Å². The lowest BCUT2D eigenvalue weighted by molar-refractivity contribution is -0.134. The SMILES string of the molecule is CN(C)CC1CCC1N1c2ccccc2Sc2ccc(Cl)cc21.O=C(O)/C=C/C(=O)O. The first-order valence-corrected chi connectivity index (χ1v) is 11.1. The van der Waals surface area contributed by atoms with E-state index in [2.05, 4.69) is 60.3 Å². The molecule has 1 aliphatic heterocycles. The van der Waals surface area contributed by atoms with Crippen LogP contribution in [0.3, 0.4) is 0 Å². The minimum absolute atomic E-state index is 0.558. The number of carboxylic acids is 2. The first-order chi connectivity index (χ1) is 14.8. The van der Waals surface area contributed by atoms with Crippen molar-refractivity contribution in [2.45, 2.75) is 28.7 Å². The van der Waals surface area contributed by atoms with E-state index in [9.17, 15) is 9.59 Å². The molecule has 0 bridgehead atoms. The quantitative estimate of drug-likeness (QED) is 0.608. The van der Waals surface area contributed by atoms with Gasteiger partial charge < -0.3 is 20.0 Å². The standard InChI is InChI=1S/C19H21ClN2S.C4H4O4/c1-21(2)12-13-7-9-15(13)22-16-5-3-4-6-18(16)23-19-10-8-14(20)11-17(19)22;5-3(6)1-2-4(7)8/h3-6,8,10-11,13,15H,7,9,12H2,1-2H3;1-2H,(H,5,6)(H,7,8)/b;2-1+. The van der Waals surface area contributed by atoms with Crippen molar-refractivity contribution in [3.63, 3.8) is 0 Å². The van der Waals surface area contributed by atoms with Crippen LogP contribution in [0.15, 0.2) is 64.4 Å². The molecule has 164 valence electrons. The minimum atomic E-state index is -1.26. The van der Waals surface area contributed by atoms with E-state index in [1.165, 1.54) is 34.0 Å².